The number of hydrogen-bond donors (Lipinski definition) is 0. The molecule has 0 amide bonds. The van der Waals surface area contributed by atoms with Gasteiger partial charge >= 0.3 is 0 Å². The molecule has 4 heterocycles. The number of fused-ring (bicyclic) bond motifs is 6. The zero-order valence-electron chi connectivity index (χ0n) is 24.7. The highest BCUT2D eigenvalue weighted by Gasteiger charge is 2.18. The Morgan fingerprint density at radius 3 is 2.27 bits per heavy atom. The quantitative estimate of drug-likeness (QED) is 0.193. The largest absolute Gasteiger partial charge is 0.457 e. The molecule has 0 aliphatic heterocycles. The van der Waals surface area contributed by atoms with Crippen molar-refractivity contribution < 1.29 is 4.74 Å². The molecule has 6 heteroatoms. The van der Waals surface area contributed by atoms with Crippen LogP contribution in [0, 0.1) is 20.8 Å². The van der Waals surface area contributed by atoms with E-state index in [0.29, 0.717) is 0 Å². The lowest BCUT2D eigenvalue weighted by Crippen LogP contribution is -1.99. The van der Waals surface area contributed by atoms with Crippen molar-refractivity contribution in [1.29, 1.82) is 0 Å². The Labute approximate surface area is 254 Å². The summed E-state index contributed by atoms with van der Waals surface area (Å²) in [5.41, 5.74) is 10.6. The Hall–Kier alpha value is -5.75. The second-order valence-corrected chi connectivity index (χ2v) is 11.3. The van der Waals surface area contributed by atoms with Gasteiger partial charge in [0.1, 0.15) is 22.8 Å². The van der Waals surface area contributed by atoms with Gasteiger partial charge in [-0.05, 0) is 85.8 Å². The molecule has 8 rings (SSSR count). The van der Waals surface area contributed by atoms with Gasteiger partial charge in [-0.1, -0.05) is 54.1 Å². The van der Waals surface area contributed by atoms with E-state index in [1.165, 1.54) is 22.3 Å². The molecule has 0 unspecified atom stereocenters. The van der Waals surface area contributed by atoms with Crippen LogP contribution in [0.4, 0.5) is 0 Å². The molecule has 4 aromatic heterocycles. The van der Waals surface area contributed by atoms with Gasteiger partial charge in [-0.25, -0.2) is 14.6 Å². The molecule has 212 valence electrons. The minimum absolute atomic E-state index is 0.729. The Balaban J connectivity index is 1.22. The zero-order valence-corrected chi connectivity index (χ0v) is 24.7. The Morgan fingerprint density at radius 2 is 1.43 bits per heavy atom. The van der Waals surface area contributed by atoms with Crippen molar-refractivity contribution in [2.45, 2.75) is 20.8 Å². The van der Waals surface area contributed by atoms with Crippen LogP contribution in [0.15, 0.2) is 122 Å². The van der Waals surface area contributed by atoms with Crippen LogP contribution in [0.1, 0.15) is 16.7 Å². The second-order valence-electron chi connectivity index (χ2n) is 11.3. The standard InChI is InChI=1S/C38H29N5O/c1-24-19-25(2)36(26(3)20-24)35-23-40-38-33-22-30(14-15-31(33)32-13-8-17-39-37(32)43(35)38)44-29-12-7-11-28(21-29)42-18-16-34(41-42)27-9-5-4-6-10-27/h4-23H,1-3H3. The first-order valence-electron chi connectivity index (χ1n) is 14.7. The van der Waals surface area contributed by atoms with E-state index in [9.17, 15) is 0 Å². The fraction of sp³-hybridized carbons (Fsp3) is 0.0789. The summed E-state index contributed by atoms with van der Waals surface area (Å²) >= 11 is 0. The van der Waals surface area contributed by atoms with E-state index in [-0.39, 0.29) is 0 Å². The van der Waals surface area contributed by atoms with Crippen LogP contribution in [0.3, 0.4) is 0 Å². The smallest absolute Gasteiger partial charge is 0.146 e. The molecule has 0 radical (unpaired) electrons. The summed E-state index contributed by atoms with van der Waals surface area (Å²) in [7, 11) is 0. The molecule has 0 aliphatic rings. The highest BCUT2D eigenvalue weighted by atomic mass is 16.5. The number of benzene rings is 4. The summed E-state index contributed by atoms with van der Waals surface area (Å²) in [6.45, 7) is 6.46. The van der Waals surface area contributed by atoms with E-state index < -0.39 is 0 Å². The van der Waals surface area contributed by atoms with Gasteiger partial charge in [0, 0.05) is 40.4 Å². The van der Waals surface area contributed by atoms with E-state index in [4.69, 9.17) is 19.8 Å². The minimum atomic E-state index is 0.729. The summed E-state index contributed by atoms with van der Waals surface area (Å²) < 4.78 is 10.5. The number of aryl methyl sites for hydroxylation is 3. The van der Waals surface area contributed by atoms with Crippen LogP contribution in [0.2, 0.25) is 0 Å². The molecular weight excluding hydrogens is 542 g/mol. The number of ether oxygens (including phenoxy) is 1. The van der Waals surface area contributed by atoms with Crippen molar-refractivity contribution in [2.75, 3.05) is 0 Å². The number of rotatable bonds is 5. The molecule has 8 aromatic rings. The molecule has 0 atom stereocenters. The topological polar surface area (TPSA) is 57.2 Å². The fourth-order valence-electron chi connectivity index (χ4n) is 6.36. The monoisotopic (exact) mass is 571 g/mol. The van der Waals surface area contributed by atoms with Gasteiger partial charge in [0.15, 0.2) is 0 Å². The van der Waals surface area contributed by atoms with Gasteiger partial charge in [-0.2, -0.15) is 5.10 Å². The van der Waals surface area contributed by atoms with Crippen molar-refractivity contribution in [1.82, 2.24) is 24.1 Å². The molecular formula is C38H29N5O. The maximum atomic E-state index is 6.45. The summed E-state index contributed by atoms with van der Waals surface area (Å²) in [4.78, 5) is 9.79. The molecule has 0 saturated carbocycles. The Bertz CT molecular complexity index is 2330. The third-order valence-electron chi connectivity index (χ3n) is 8.19. The molecule has 0 bridgehead atoms. The van der Waals surface area contributed by atoms with Crippen LogP contribution in [-0.4, -0.2) is 24.1 Å². The lowest BCUT2D eigenvalue weighted by molar-refractivity contribution is 0.483. The summed E-state index contributed by atoms with van der Waals surface area (Å²) in [6.07, 6.45) is 5.79. The predicted octanol–water partition coefficient (Wildman–Crippen LogP) is 9.27. The van der Waals surface area contributed by atoms with Gasteiger partial charge in [0.2, 0.25) is 0 Å². The summed E-state index contributed by atoms with van der Waals surface area (Å²) in [6, 6.07) is 34.9. The van der Waals surface area contributed by atoms with Crippen LogP contribution in [-0.2, 0) is 0 Å². The normalized spacial score (nSPS) is 11.5. The van der Waals surface area contributed by atoms with E-state index >= 15 is 0 Å². The maximum absolute atomic E-state index is 6.45. The number of aromatic nitrogens is 5. The van der Waals surface area contributed by atoms with Crippen molar-refractivity contribution in [3.8, 4) is 39.7 Å². The van der Waals surface area contributed by atoms with Crippen molar-refractivity contribution in [2.24, 2.45) is 0 Å². The molecule has 6 nitrogen and oxygen atoms in total. The fourth-order valence-corrected chi connectivity index (χ4v) is 6.36. The molecule has 0 aliphatic carbocycles. The van der Waals surface area contributed by atoms with Crippen LogP contribution < -0.4 is 4.74 Å². The Morgan fingerprint density at radius 1 is 0.636 bits per heavy atom. The molecule has 0 fully saturated rings. The zero-order chi connectivity index (χ0) is 29.8. The molecule has 44 heavy (non-hydrogen) atoms. The maximum Gasteiger partial charge on any atom is 0.146 e. The number of nitrogens with zero attached hydrogens (tertiary/aromatic N) is 5. The van der Waals surface area contributed by atoms with Crippen LogP contribution in [0.5, 0.6) is 11.5 Å². The van der Waals surface area contributed by atoms with Crippen LogP contribution in [0.25, 0.3) is 55.7 Å². The lowest BCUT2D eigenvalue weighted by atomic mass is 9.97. The molecule has 0 N–H and O–H groups in total. The minimum Gasteiger partial charge on any atom is -0.457 e. The first kappa shape index (κ1) is 25.9. The van der Waals surface area contributed by atoms with E-state index in [2.05, 4.69) is 67.6 Å². The van der Waals surface area contributed by atoms with Gasteiger partial charge in [0.05, 0.1) is 23.3 Å². The molecule has 0 spiro atoms. The van der Waals surface area contributed by atoms with Gasteiger partial charge in [0.25, 0.3) is 0 Å². The summed E-state index contributed by atoms with van der Waals surface area (Å²) in [5, 5.41) is 7.95. The average Bonchev–Trinajstić information content (AvgIpc) is 3.70. The first-order chi connectivity index (χ1) is 21.5. The third-order valence-corrected chi connectivity index (χ3v) is 8.19. The summed E-state index contributed by atoms with van der Waals surface area (Å²) in [5.74, 6) is 1.46. The average molecular weight is 572 g/mol. The Kier molecular flexibility index (Phi) is 6.01. The SMILES string of the molecule is Cc1cc(C)c(-c2cnc3c4cc(Oc5cccc(-n6ccc(-c7ccccc7)n6)c5)ccc4c4cccnc4n23)c(C)c1. The van der Waals surface area contributed by atoms with Gasteiger partial charge < -0.3 is 4.74 Å². The predicted molar refractivity (Wildman–Crippen MR) is 177 cm³/mol. The highest BCUT2D eigenvalue weighted by molar-refractivity contribution is 6.11. The number of pyridine rings is 2. The van der Waals surface area contributed by atoms with Gasteiger partial charge in [-0.3, -0.25) is 4.40 Å². The number of imidazole rings is 1. The van der Waals surface area contributed by atoms with Crippen molar-refractivity contribution in [3.63, 3.8) is 0 Å². The number of hydrogen-bond acceptors (Lipinski definition) is 4. The second kappa shape index (κ2) is 10.2. The molecule has 4 aromatic carbocycles. The van der Waals surface area contributed by atoms with Crippen molar-refractivity contribution in [3.05, 3.63) is 138 Å². The first-order valence-corrected chi connectivity index (χ1v) is 14.7. The van der Waals surface area contributed by atoms with Crippen molar-refractivity contribution >= 4 is 27.5 Å². The third kappa shape index (κ3) is 4.31. The van der Waals surface area contributed by atoms with Gasteiger partial charge in [-0.15, -0.1) is 0 Å². The van der Waals surface area contributed by atoms with E-state index in [1.807, 2.05) is 83.9 Å². The highest BCUT2D eigenvalue weighted by Crippen LogP contribution is 2.37. The van der Waals surface area contributed by atoms with E-state index in [1.54, 1.807) is 0 Å². The van der Waals surface area contributed by atoms with E-state index in [0.717, 1.165) is 61.6 Å². The lowest BCUT2D eigenvalue weighted by Gasteiger charge is -2.14. The molecule has 0 saturated heterocycles. The van der Waals surface area contributed by atoms with Crippen LogP contribution >= 0.6 is 0 Å².